The number of benzene rings is 1. The number of carbonyl (C=O) groups is 3. The van der Waals surface area contributed by atoms with E-state index in [2.05, 4.69) is 4.74 Å². The fourth-order valence-electron chi connectivity index (χ4n) is 2.56. The van der Waals surface area contributed by atoms with Crippen LogP contribution in [0.3, 0.4) is 0 Å². The lowest BCUT2D eigenvalue weighted by Crippen LogP contribution is -2.43. The van der Waals surface area contributed by atoms with Crippen molar-refractivity contribution in [3.8, 4) is 0 Å². The van der Waals surface area contributed by atoms with E-state index in [0.717, 1.165) is 5.56 Å². The first-order chi connectivity index (χ1) is 11.0. The molecule has 1 aliphatic rings. The Morgan fingerprint density at radius 3 is 2.70 bits per heavy atom. The first-order valence-electron chi connectivity index (χ1n) is 7.63. The topological polar surface area (TPSA) is 72.9 Å². The van der Waals surface area contributed by atoms with Crippen LogP contribution >= 0.6 is 0 Å². The molecule has 1 heterocycles. The summed E-state index contributed by atoms with van der Waals surface area (Å²) in [6, 6.07) is 9.34. The van der Waals surface area contributed by atoms with E-state index in [1.54, 1.807) is 6.92 Å². The van der Waals surface area contributed by atoms with Crippen LogP contribution in [0.2, 0.25) is 0 Å². The number of imide groups is 1. The highest BCUT2D eigenvalue weighted by molar-refractivity contribution is 5.94. The minimum absolute atomic E-state index is 0.148. The van der Waals surface area contributed by atoms with Gasteiger partial charge in [0.2, 0.25) is 5.91 Å². The largest absolute Gasteiger partial charge is 0.469 e. The molecule has 0 aliphatic carbocycles. The molecule has 0 N–H and O–H groups in total. The SMILES string of the molecule is COC(=O)CC[C@@H](C)C(=O)N1C(=O)OC[C@@H]1Cc1ccccc1. The lowest BCUT2D eigenvalue weighted by molar-refractivity contribution is -0.141. The second kappa shape index (κ2) is 7.76. The maximum absolute atomic E-state index is 12.5. The van der Waals surface area contributed by atoms with Crippen LogP contribution in [0.15, 0.2) is 30.3 Å². The normalized spacial score (nSPS) is 18.4. The minimum atomic E-state index is -0.610. The number of carbonyl (C=O) groups excluding carboxylic acids is 3. The van der Waals surface area contributed by atoms with E-state index in [4.69, 9.17) is 4.74 Å². The van der Waals surface area contributed by atoms with Gasteiger partial charge in [0, 0.05) is 12.3 Å². The average Bonchev–Trinajstić information content (AvgIpc) is 2.92. The Hall–Kier alpha value is -2.37. The predicted molar refractivity (Wildman–Crippen MR) is 82.5 cm³/mol. The van der Waals surface area contributed by atoms with E-state index in [1.165, 1.54) is 12.0 Å². The molecule has 23 heavy (non-hydrogen) atoms. The summed E-state index contributed by atoms with van der Waals surface area (Å²) in [5, 5.41) is 0. The number of amides is 2. The number of esters is 1. The van der Waals surface area contributed by atoms with Gasteiger partial charge in [-0.25, -0.2) is 9.69 Å². The molecule has 1 fully saturated rings. The molecule has 2 amide bonds. The standard InChI is InChI=1S/C17H21NO5/c1-12(8-9-15(19)22-2)16(20)18-14(11-23-17(18)21)10-13-6-4-3-5-7-13/h3-7,12,14H,8-11H2,1-2H3/t12-,14+/m1/s1. The number of nitrogens with zero attached hydrogens (tertiary/aromatic N) is 1. The van der Waals surface area contributed by atoms with Gasteiger partial charge < -0.3 is 9.47 Å². The van der Waals surface area contributed by atoms with Gasteiger partial charge in [-0.15, -0.1) is 0 Å². The highest BCUT2D eigenvalue weighted by Gasteiger charge is 2.39. The fourth-order valence-corrected chi connectivity index (χ4v) is 2.56. The van der Waals surface area contributed by atoms with Crippen molar-refractivity contribution in [2.24, 2.45) is 5.92 Å². The second-order valence-electron chi connectivity index (χ2n) is 5.64. The van der Waals surface area contributed by atoms with E-state index in [0.29, 0.717) is 12.8 Å². The summed E-state index contributed by atoms with van der Waals surface area (Å²) in [6.45, 7) is 1.90. The van der Waals surface area contributed by atoms with Crippen molar-refractivity contribution in [3.63, 3.8) is 0 Å². The summed E-state index contributed by atoms with van der Waals surface area (Å²) in [6.07, 6.45) is 0.436. The number of cyclic esters (lactones) is 1. The molecular weight excluding hydrogens is 298 g/mol. The molecule has 1 aromatic rings. The Morgan fingerprint density at radius 1 is 1.35 bits per heavy atom. The van der Waals surface area contributed by atoms with Crippen LogP contribution in [-0.2, 0) is 25.5 Å². The molecule has 0 aromatic heterocycles. The molecule has 0 unspecified atom stereocenters. The molecule has 6 heteroatoms. The number of hydrogen-bond acceptors (Lipinski definition) is 5. The average molecular weight is 319 g/mol. The van der Waals surface area contributed by atoms with Gasteiger partial charge in [-0.2, -0.15) is 0 Å². The predicted octanol–water partition coefficient (Wildman–Crippen LogP) is 2.17. The van der Waals surface area contributed by atoms with Gasteiger partial charge in [-0.1, -0.05) is 37.3 Å². The summed E-state index contributed by atoms with van der Waals surface area (Å²) in [5.74, 6) is -1.12. The van der Waals surface area contributed by atoms with Crippen LogP contribution in [0.4, 0.5) is 4.79 Å². The van der Waals surface area contributed by atoms with Crippen molar-refractivity contribution in [1.82, 2.24) is 4.90 Å². The van der Waals surface area contributed by atoms with Gasteiger partial charge in [0.15, 0.2) is 0 Å². The quantitative estimate of drug-likeness (QED) is 0.751. The van der Waals surface area contributed by atoms with E-state index < -0.39 is 12.0 Å². The summed E-state index contributed by atoms with van der Waals surface area (Å²) in [5.41, 5.74) is 1.04. The fraction of sp³-hybridized carbons (Fsp3) is 0.471. The molecular formula is C17H21NO5. The zero-order valence-electron chi connectivity index (χ0n) is 13.4. The molecule has 2 atom stereocenters. The zero-order valence-corrected chi connectivity index (χ0v) is 13.4. The van der Waals surface area contributed by atoms with Gasteiger partial charge >= 0.3 is 12.1 Å². The van der Waals surface area contributed by atoms with Gasteiger partial charge in [-0.3, -0.25) is 9.59 Å². The van der Waals surface area contributed by atoms with E-state index in [-0.39, 0.29) is 30.9 Å². The smallest absolute Gasteiger partial charge is 0.416 e. The zero-order chi connectivity index (χ0) is 16.8. The van der Waals surface area contributed by atoms with Crippen LogP contribution in [0.25, 0.3) is 0 Å². The molecule has 0 saturated carbocycles. The number of rotatable bonds is 6. The molecule has 124 valence electrons. The Kier molecular flexibility index (Phi) is 5.73. The third-order valence-electron chi connectivity index (χ3n) is 3.94. The van der Waals surface area contributed by atoms with Crippen molar-refractivity contribution in [2.45, 2.75) is 32.2 Å². The molecule has 6 nitrogen and oxygen atoms in total. The first kappa shape index (κ1) is 17.0. The van der Waals surface area contributed by atoms with Crippen LogP contribution in [0.1, 0.15) is 25.3 Å². The van der Waals surface area contributed by atoms with Crippen molar-refractivity contribution in [2.75, 3.05) is 13.7 Å². The van der Waals surface area contributed by atoms with E-state index >= 15 is 0 Å². The van der Waals surface area contributed by atoms with Crippen LogP contribution in [-0.4, -0.2) is 42.6 Å². The summed E-state index contributed by atoms with van der Waals surface area (Å²) < 4.78 is 9.61. The third kappa shape index (κ3) is 4.31. The van der Waals surface area contributed by atoms with E-state index in [9.17, 15) is 14.4 Å². The van der Waals surface area contributed by atoms with Gasteiger partial charge in [0.25, 0.3) is 0 Å². The van der Waals surface area contributed by atoms with Crippen molar-refractivity contribution in [1.29, 1.82) is 0 Å². The van der Waals surface area contributed by atoms with E-state index in [1.807, 2.05) is 30.3 Å². The lowest BCUT2D eigenvalue weighted by atomic mass is 10.0. The monoisotopic (exact) mass is 319 g/mol. The molecule has 0 spiro atoms. The Morgan fingerprint density at radius 2 is 2.04 bits per heavy atom. The molecule has 1 aromatic carbocycles. The molecule has 0 radical (unpaired) electrons. The maximum atomic E-state index is 12.5. The number of hydrogen-bond donors (Lipinski definition) is 0. The molecule has 2 rings (SSSR count). The van der Waals surface area contributed by atoms with Gasteiger partial charge in [-0.05, 0) is 18.4 Å². The van der Waals surface area contributed by atoms with Crippen LogP contribution in [0.5, 0.6) is 0 Å². The van der Waals surface area contributed by atoms with Gasteiger partial charge in [0.05, 0.1) is 13.2 Å². The Bertz CT molecular complexity index is 572. The van der Waals surface area contributed by atoms with Crippen LogP contribution in [0, 0.1) is 5.92 Å². The third-order valence-corrected chi connectivity index (χ3v) is 3.94. The Balaban J connectivity index is 2.00. The summed E-state index contributed by atoms with van der Waals surface area (Å²) >= 11 is 0. The van der Waals surface area contributed by atoms with Crippen molar-refractivity contribution in [3.05, 3.63) is 35.9 Å². The molecule has 1 aliphatic heterocycles. The number of ether oxygens (including phenoxy) is 2. The minimum Gasteiger partial charge on any atom is -0.469 e. The number of methoxy groups -OCH3 is 1. The summed E-state index contributed by atoms with van der Waals surface area (Å²) in [4.78, 5) is 36.8. The molecule has 1 saturated heterocycles. The van der Waals surface area contributed by atoms with Gasteiger partial charge in [0.1, 0.15) is 6.61 Å². The summed E-state index contributed by atoms with van der Waals surface area (Å²) in [7, 11) is 1.31. The molecule has 0 bridgehead atoms. The second-order valence-corrected chi connectivity index (χ2v) is 5.64. The van der Waals surface area contributed by atoms with Crippen molar-refractivity contribution >= 4 is 18.0 Å². The van der Waals surface area contributed by atoms with Crippen LogP contribution < -0.4 is 0 Å². The van der Waals surface area contributed by atoms with Crippen molar-refractivity contribution < 1.29 is 23.9 Å². The Labute approximate surface area is 135 Å². The first-order valence-corrected chi connectivity index (χ1v) is 7.63. The highest BCUT2D eigenvalue weighted by Crippen LogP contribution is 2.21. The highest BCUT2D eigenvalue weighted by atomic mass is 16.6. The lowest BCUT2D eigenvalue weighted by Gasteiger charge is -2.22. The maximum Gasteiger partial charge on any atom is 0.416 e.